The first-order valence-electron chi connectivity index (χ1n) is 6.89. The monoisotopic (exact) mass is 377 g/mol. The number of hydrogen-bond donors (Lipinski definition) is 1. The van der Waals surface area contributed by atoms with Crippen molar-refractivity contribution < 1.29 is 22.7 Å². The van der Waals surface area contributed by atoms with Crippen LogP contribution in [0.4, 0.5) is 18.2 Å². The van der Waals surface area contributed by atoms with Gasteiger partial charge in [0.1, 0.15) is 16.2 Å². The van der Waals surface area contributed by atoms with Crippen LogP contribution in [0.5, 0.6) is 0 Å². The van der Waals surface area contributed by atoms with Gasteiger partial charge in [0.05, 0.1) is 5.56 Å². The van der Waals surface area contributed by atoms with Gasteiger partial charge in [-0.1, -0.05) is 23.7 Å². The van der Waals surface area contributed by atoms with Crippen LogP contribution in [-0.4, -0.2) is 11.6 Å². The molecule has 0 saturated carbocycles. The quantitative estimate of drug-likeness (QED) is 0.690. The van der Waals surface area contributed by atoms with E-state index in [1.54, 1.807) is 20.8 Å². The van der Waals surface area contributed by atoms with Crippen LogP contribution < -0.4 is 5.73 Å². The molecule has 8 heteroatoms. The molecule has 1 heterocycles. The summed E-state index contributed by atoms with van der Waals surface area (Å²) in [6, 6.07) is 5.84. The van der Waals surface area contributed by atoms with Crippen LogP contribution >= 0.6 is 22.9 Å². The van der Waals surface area contributed by atoms with Gasteiger partial charge in [-0.3, -0.25) is 0 Å². The Balaban J connectivity index is 2.64. The molecular formula is C16H15ClF3NO2S. The zero-order valence-corrected chi connectivity index (χ0v) is 14.7. The minimum Gasteiger partial charge on any atom is -0.456 e. The molecule has 130 valence electrons. The van der Waals surface area contributed by atoms with Crippen molar-refractivity contribution in [1.29, 1.82) is 0 Å². The molecule has 0 radical (unpaired) electrons. The fourth-order valence-corrected chi connectivity index (χ4v) is 3.26. The molecule has 0 saturated heterocycles. The number of carbonyl (C=O) groups excluding carboxylic acids is 1. The maximum atomic E-state index is 13.6. The SMILES string of the molecule is CC(C)(C)OC(=O)c1c(N)sc(-c2ccc(Cl)cc2)c1C(F)(F)F. The minimum absolute atomic E-state index is 0.141. The Hall–Kier alpha value is -1.73. The average molecular weight is 378 g/mol. The lowest BCUT2D eigenvalue weighted by Crippen LogP contribution is -2.25. The summed E-state index contributed by atoms with van der Waals surface area (Å²) < 4.78 is 45.9. The molecule has 0 aliphatic carbocycles. The Morgan fingerprint density at radius 2 is 1.71 bits per heavy atom. The van der Waals surface area contributed by atoms with E-state index < -0.39 is 28.9 Å². The molecule has 0 spiro atoms. The molecule has 0 bridgehead atoms. The summed E-state index contributed by atoms with van der Waals surface area (Å²) in [5, 5.41) is 0.158. The van der Waals surface area contributed by atoms with E-state index in [0.29, 0.717) is 16.4 Å². The molecule has 0 unspecified atom stereocenters. The lowest BCUT2D eigenvalue weighted by molar-refractivity contribution is -0.137. The molecule has 1 aromatic heterocycles. The molecule has 1 aromatic carbocycles. The zero-order valence-electron chi connectivity index (χ0n) is 13.1. The highest BCUT2D eigenvalue weighted by atomic mass is 35.5. The van der Waals surface area contributed by atoms with Gasteiger partial charge in [0, 0.05) is 9.90 Å². The van der Waals surface area contributed by atoms with Crippen molar-refractivity contribution in [2.24, 2.45) is 0 Å². The van der Waals surface area contributed by atoms with Gasteiger partial charge < -0.3 is 10.5 Å². The molecular weight excluding hydrogens is 363 g/mol. The van der Waals surface area contributed by atoms with Crippen LogP contribution in [0, 0.1) is 0 Å². The average Bonchev–Trinajstić information content (AvgIpc) is 2.75. The fourth-order valence-electron chi connectivity index (χ4n) is 2.06. The van der Waals surface area contributed by atoms with E-state index in [4.69, 9.17) is 22.1 Å². The number of esters is 1. The number of nitrogen functional groups attached to an aromatic ring is 1. The third-order valence-corrected chi connectivity index (χ3v) is 4.25. The number of anilines is 1. The molecule has 0 fully saturated rings. The molecule has 24 heavy (non-hydrogen) atoms. The number of hydrogen-bond acceptors (Lipinski definition) is 4. The molecule has 2 aromatic rings. The van der Waals surface area contributed by atoms with Gasteiger partial charge in [-0.2, -0.15) is 13.2 Å². The Morgan fingerprint density at radius 1 is 1.17 bits per heavy atom. The Labute approximate surface area is 146 Å². The van der Waals surface area contributed by atoms with Crippen molar-refractivity contribution in [3.05, 3.63) is 40.4 Å². The summed E-state index contributed by atoms with van der Waals surface area (Å²) in [5.41, 5.74) is 3.33. The highest BCUT2D eigenvalue weighted by Crippen LogP contribution is 2.47. The number of rotatable bonds is 2. The Kier molecular flexibility index (Phi) is 4.88. The van der Waals surface area contributed by atoms with Gasteiger partial charge in [0.15, 0.2) is 0 Å². The minimum atomic E-state index is -4.75. The van der Waals surface area contributed by atoms with E-state index in [1.165, 1.54) is 24.3 Å². The maximum Gasteiger partial charge on any atom is 0.418 e. The largest absolute Gasteiger partial charge is 0.456 e. The molecule has 2 N–H and O–H groups in total. The van der Waals surface area contributed by atoms with Crippen molar-refractivity contribution in [3.63, 3.8) is 0 Å². The van der Waals surface area contributed by atoms with Gasteiger partial charge in [-0.05, 0) is 38.5 Å². The van der Waals surface area contributed by atoms with E-state index >= 15 is 0 Å². The number of benzene rings is 1. The third kappa shape index (κ3) is 4.02. The van der Waals surface area contributed by atoms with E-state index in [2.05, 4.69) is 0 Å². The van der Waals surface area contributed by atoms with Crippen LogP contribution in [0.15, 0.2) is 24.3 Å². The van der Waals surface area contributed by atoms with Crippen molar-refractivity contribution in [3.8, 4) is 10.4 Å². The number of halogens is 4. The number of nitrogens with two attached hydrogens (primary N) is 1. The van der Waals surface area contributed by atoms with Crippen LogP contribution in [0.2, 0.25) is 5.02 Å². The number of carbonyl (C=O) groups is 1. The standard InChI is InChI=1S/C16H15ClF3NO2S/c1-15(2,3)23-14(22)10-11(16(18,19)20)12(24-13(10)21)8-4-6-9(17)7-5-8/h4-7H,21H2,1-3H3. The van der Waals surface area contributed by atoms with Crippen LogP contribution in [0.25, 0.3) is 10.4 Å². The van der Waals surface area contributed by atoms with E-state index in [-0.39, 0.29) is 15.4 Å². The number of thiophene rings is 1. The Bertz CT molecular complexity index is 761. The van der Waals surface area contributed by atoms with E-state index in [9.17, 15) is 18.0 Å². The first kappa shape index (κ1) is 18.6. The molecule has 0 amide bonds. The van der Waals surface area contributed by atoms with E-state index in [1.807, 2.05) is 0 Å². The molecule has 3 nitrogen and oxygen atoms in total. The summed E-state index contributed by atoms with van der Waals surface area (Å²) in [6.45, 7) is 4.71. The number of ether oxygens (including phenoxy) is 1. The predicted molar refractivity (Wildman–Crippen MR) is 89.3 cm³/mol. The predicted octanol–water partition coefficient (Wildman–Crippen LogP) is 5.62. The topological polar surface area (TPSA) is 52.3 Å². The van der Waals surface area contributed by atoms with Crippen molar-refractivity contribution in [2.45, 2.75) is 32.5 Å². The molecule has 0 aliphatic heterocycles. The Morgan fingerprint density at radius 3 is 2.17 bits per heavy atom. The van der Waals surface area contributed by atoms with Crippen molar-refractivity contribution in [1.82, 2.24) is 0 Å². The second-order valence-electron chi connectivity index (χ2n) is 6.05. The van der Waals surface area contributed by atoms with Gasteiger partial charge in [-0.25, -0.2) is 4.79 Å². The highest BCUT2D eigenvalue weighted by Gasteiger charge is 2.42. The molecule has 0 aliphatic rings. The fraction of sp³-hybridized carbons (Fsp3) is 0.312. The third-order valence-electron chi connectivity index (χ3n) is 2.93. The summed E-state index contributed by atoms with van der Waals surface area (Å²) in [4.78, 5) is 12.1. The van der Waals surface area contributed by atoms with Crippen LogP contribution in [-0.2, 0) is 10.9 Å². The van der Waals surface area contributed by atoms with Gasteiger partial charge in [0.2, 0.25) is 0 Å². The normalized spacial score (nSPS) is 12.3. The van der Waals surface area contributed by atoms with Crippen molar-refractivity contribution in [2.75, 3.05) is 5.73 Å². The van der Waals surface area contributed by atoms with Crippen molar-refractivity contribution >= 4 is 33.9 Å². The van der Waals surface area contributed by atoms with E-state index in [0.717, 1.165) is 0 Å². The van der Waals surface area contributed by atoms with Gasteiger partial charge in [0.25, 0.3) is 0 Å². The second-order valence-corrected chi connectivity index (χ2v) is 7.54. The second kappa shape index (κ2) is 6.29. The summed E-state index contributed by atoms with van der Waals surface area (Å²) in [5.74, 6) is -1.09. The summed E-state index contributed by atoms with van der Waals surface area (Å²) in [7, 11) is 0. The van der Waals surface area contributed by atoms with Crippen LogP contribution in [0.1, 0.15) is 36.7 Å². The molecule has 0 atom stereocenters. The molecule has 2 rings (SSSR count). The number of alkyl halides is 3. The summed E-state index contributed by atoms with van der Waals surface area (Å²) in [6.07, 6.45) is -4.75. The summed E-state index contributed by atoms with van der Waals surface area (Å²) >= 11 is 6.47. The van der Waals surface area contributed by atoms with Gasteiger partial charge >= 0.3 is 12.1 Å². The first-order valence-corrected chi connectivity index (χ1v) is 8.08. The van der Waals surface area contributed by atoms with Crippen LogP contribution in [0.3, 0.4) is 0 Å². The lowest BCUT2D eigenvalue weighted by Gasteiger charge is -2.20. The smallest absolute Gasteiger partial charge is 0.418 e. The maximum absolute atomic E-state index is 13.6. The zero-order chi connectivity index (χ0) is 18.3. The first-order chi connectivity index (χ1) is 10.9. The van der Waals surface area contributed by atoms with Gasteiger partial charge in [-0.15, -0.1) is 11.3 Å². The lowest BCUT2D eigenvalue weighted by atomic mass is 10.0. The highest BCUT2D eigenvalue weighted by molar-refractivity contribution is 7.20.